The quantitative estimate of drug-likeness (QED) is 0.713. The van der Waals surface area contributed by atoms with E-state index in [4.69, 9.17) is 0 Å². The van der Waals surface area contributed by atoms with E-state index >= 15 is 0 Å². The van der Waals surface area contributed by atoms with Crippen molar-refractivity contribution in [3.63, 3.8) is 0 Å². The summed E-state index contributed by atoms with van der Waals surface area (Å²) in [5.74, 6) is 1.32. The molecule has 0 saturated carbocycles. The first-order chi connectivity index (χ1) is 9.19. The van der Waals surface area contributed by atoms with Crippen molar-refractivity contribution in [3.05, 3.63) is 35.9 Å². The minimum atomic E-state index is 0.523. The Morgan fingerprint density at radius 2 is 1.68 bits per heavy atom. The molecule has 2 N–H and O–H groups in total. The second-order valence-electron chi connectivity index (χ2n) is 5.52. The van der Waals surface area contributed by atoms with Crippen molar-refractivity contribution < 1.29 is 0 Å². The summed E-state index contributed by atoms with van der Waals surface area (Å²) in [6.45, 7) is 12.2. The van der Waals surface area contributed by atoms with Gasteiger partial charge in [-0.15, -0.1) is 0 Å². The molecule has 0 aliphatic carbocycles. The monoisotopic (exact) mass is 262 g/mol. The first-order valence-corrected chi connectivity index (χ1v) is 7.68. The molecule has 0 bridgehead atoms. The predicted octanol–water partition coefficient (Wildman–Crippen LogP) is 3.40. The molecule has 3 atom stereocenters. The summed E-state index contributed by atoms with van der Waals surface area (Å²) in [5.41, 5.74) is 1.46. The third-order valence-corrected chi connectivity index (χ3v) is 3.95. The van der Waals surface area contributed by atoms with Crippen LogP contribution in [0.4, 0.5) is 0 Å². The largest absolute Gasteiger partial charge is 0.315 e. The van der Waals surface area contributed by atoms with Gasteiger partial charge >= 0.3 is 0 Å². The third-order valence-electron chi connectivity index (χ3n) is 3.95. The van der Waals surface area contributed by atoms with Gasteiger partial charge in [0.15, 0.2) is 0 Å². The van der Waals surface area contributed by atoms with Gasteiger partial charge < -0.3 is 10.6 Å². The number of nitrogens with one attached hydrogen (secondary N) is 2. The first-order valence-electron chi connectivity index (χ1n) is 7.68. The molecule has 3 unspecified atom stereocenters. The lowest BCUT2D eigenvalue weighted by atomic mass is 9.85. The lowest BCUT2D eigenvalue weighted by molar-refractivity contribution is 0.395. The smallest absolute Gasteiger partial charge is 0.0164 e. The van der Waals surface area contributed by atoms with Crippen LogP contribution in [-0.4, -0.2) is 25.7 Å². The predicted molar refractivity (Wildman–Crippen MR) is 84.6 cm³/mol. The average Bonchev–Trinajstić information content (AvgIpc) is 2.46. The van der Waals surface area contributed by atoms with Gasteiger partial charge in [-0.2, -0.15) is 0 Å². The molecule has 1 rings (SSSR count). The Labute approximate surface area is 119 Å². The zero-order valence-electron chi connectivity index (χ0n) is 12.9. The van der Waals surface area contributed by atoms with E-state index in [1.807, 2.05) is 0 Å². The normalized spacial score (nSPS) is 16.0. The average molecular weight is 262 g/mol. The van der Waals surface area contributed by atoms with Crippen molar-refractivity contribution in [2.24, 2.45) is 5.92 Å². The van der Waals surface area contributed by atoms with Crippen LogP contribution in [0.25, 0.3) is 0 Å². The number of hydrogen-bond donors (Lipinski definition) is 2. The topological polar surface area (TPSA) is 24.1 Å². The molecular formula is C17H30N2. The maximum Gasteiger partial charge on any atom is 0.0164 e. The Bertz CT molecular complexity index is 323. The molecule has 0 heterocycles. The maximum atomic E-state index is 3.67. The third kappa shape index (κ3) is 5.75. The van der Waals surface area contributed by atoms with E-state index in [1.54, 1.807) is 0 Å². The van der Waals surface area contributed by atoms with Crippen molar-refractivity contribution in [1.82, 2.24) is 10.6 Å². The van der Waals surface area contributed by atoms with Crippen molar-refractivity contribution in [2.75, 3.05) is 19.6 Å². The van der Waals surface area contributed by atoms with Gasteiger partial charge in [-0.05, 0) is 30.9 Å². The van der Waals surface area contributed by atoms with Crippen LogP contribution in [0.2, 0.25) is 0 Å². The van der Waals surface area contributed by atoms with Crippen LogP contribution in [-0.2, 0) is 0 Å². The molecule has 0 spiro atoms. The number of hydrogen-bond acceptors (Lipinski definition) is 2. The minimum absolute atomic E-state index is 0.523. The van der Waals surface area contributed by atoms with E-state index in [-0.39, 0.29) is 0 Å². The molecule has 0 fully saturated rings. The molecule has 0 aromatic heterocycles. The molecule has 0 aliphatic rings. The van der Waals surface area contributed by atoms with Crippen LogP contribution in [0, 0.1) is 5.92 Å². The van der Waals surface area contributed by atoms with Gasteiger partial charge in [-0.25, -0.2) is 0 Å². The van der Waals surface area contributed by atoms with E-state index in [2.05, 4.69) is 68.7 Å². The van der Waals surface area contributed by atoms with Gasteiger partial charge in [-0.3, -0.25) is 0 Å². The van der Waals surface area contributed by atoms with Gasteiger partial charge in [-0.1, -0.05) is 57.5 Å². The first kappa shape index (κ1) is 16.2. The zero-order valence-corrected chi connectivity index (χ0v) is 12.9. The van der Waals surface area contributed by atoms with Crippen molar-refractivity contribution in [1.29, 1.82) is 0 Å². The van der Waals surface area contributed by atoms with Crippen molar-refractivity contribution in [3.8, 4) is 0 Å². The van der Waals surface area contributed by atoms with Crippen LogP contribution >= 0.6 is 0 Å². The molecule has 19 heavy (non-hydrogen) atoms. The van der Waals surface area contributed by atoms with Crippen LogP contribution in [0.15, 0.2) is 30.3 Å². The molecule has 2 heteroatoms. The fourth-order valence-corrected chi connectivity index (χ4v) is 2.39. The summed E-state index contributed by atoms with van der Waals surface area (Å²) in [7, 11) is 0. The lowest BCUT2D eigenvalue weighted by Crippen LogP contribution is -2.39. The van der Waals surface area contributed by atoms with Crippen molar-refractivity contribution >= 4 is 0 Å². The van der Waals surface area contributed by atoms with Crippen LogP contribution in [0.5, 0.6) is 0 Å². The molecule has 2 nitrogen and oxygen atoms in total. The molecule has 108 valence electrons. The highest BCUT2D eigenvalue weighted by Gasteiger charge is 2.18. The van der Waals surface area contributed by atoms with Gasteiger partial charge in [0.2, 0.25) is 0 Å². The highest BCUT2D eigenvalue weighted by Crippen LogP contribution is 2.26. The minimum Gasteiger partial charge on any atom is -0.315 e. The molecule has 0 saturated heterocycles. The zero-order chi connectivity index (χ0) is 14.1. The van der Waals surface area contributed by atoms with Gasteiger partial charge in [0, 0.05) is 19.1 Å². The second kappa shape index (κ2) is 9.11. The Morgan fingerprint density at radius 1 is 1.00 bits per heavy atom. The van der Waals surface area contributed by atoms with E-state index in [0.717, 1.165) is 19.6 Å². The van der Waals surface area contributed by atoms with E-state index in [9.17, 15) is 0 Å². The summed E-state index contributed by atoms with van der Waals surface area (Å²) in [4.78, 5) is 0. The molecule has 0 amide bonds. The number of likely N-dealkylation sites (N-methyl/N-ethyl adjacent to an activating group) is 1. The fourth-order valence-electron chi connectivity index (χ4n) is 2.39. The van der Waals surface area contributed by atoms with Crippen molar-refractivity contribution in [2.45, 2.75) is 46.1 Å². The highest BCUT2D eigenvalue weighted by molar-refractivity contribution is 5.20. The summed E-state index contributed by atoms with van der Waals surface area (Å²) < 4.78 is 0. The van der Waals surface area contributed by atoms with Crippen LogP contribution < -0.4 is 10.6 Å². The molecule has 0 aliphatic heterocycles. The van der Waals surface area contributed by atoms with Crippen LogP contribution in [0.1, 0.15) is 45.6 Å². The SMILES string of the molecule is CCNCC(C)NCC(c1ccccc1)C(C)CC. The molecule has 1 aromatic carbocycles. The van der Waals surface area contributed by atoms with Gasteiger partial charge in [0.25, 0.3) is 0 Å². The van der Waals surface area contributed by atoms with E-state index < -0.39 is 0 Å². The van der Waals surface area contributed by atoms with E-state index in [0.29, 0.717) is 17.9 Å². The molecular weight excluding hydrogens is 232 g/mol. The Balaban J connectivity index is 2.56. The fraction of sp³-hybridized carbons (Fsp3) is 0.647. The second-order valence-corrected chi connectivity index (χ2v) is 5.52. The highest BCUT2D eigenvalue weighted by atomic mass is 15.0. The molecule has 1 aromatic rings. The Hall–Kier alpha value is -0.860. The number of benzene rings is 1. The summed E-state index contributed by atoms with van der Waals surface area (Å²) in [5, 5.41) is 7.06. The summed E-state index contributed by atoms with van der Waals surface area (Å²) in [6.07, 6.45) is 1.23. The maximum absolute atomic E-state index is 3.67. The van der Waals surface area contributed by atoms with Gasteiger partial charge in [0.1, 0.15) is 0 Å². The summed E-state index contributed by atoms with van der Waals surface area (Å²) in [6, 6.07) is 11.4. The Morgan fingerprint density at radius 3 is 2.26 bits per heavy atom. The van der Waals surface area contributed by atoms with Crippen LogP contribution in [0.3, 0.4) is 0 Å². The van der Waals surface area contributed by atoms with Gasteiger partial charge in [0.05, 0.1) is 0 Å². The summed E-state index contributed by atoms with van der Waals surface area (Å²) >= 11 is 0. The lowest BCUT2D eigenvalue weighted by Gasteiger charge is -2.26. The number of rotatable bonds is 9. The van der Waals surface area contributed by atoms with E-state index in [1.165, 1.54) is 12.0 Å². The Kier molecular flexibility index (Phi) is 7.76. The molecule has 0 radical (unpaired) electrons. The standard InChI is InChI=1S/C17H30N2/c1-5-14(3)17(16-10-8-7-9-11-16)13-19-15(4)12-18-6-2/h7-11,14-15,17-19H,5-6,12-13H2,1-4H3.